The monoisotopic (exact) mass is 301 g/mol. The maximum atomic E-state index is 11.9. The van der Waals surface area contributed by atoms with Gasteiger partial charge in [0.15, 0.2) is 0 Å². The second-order valence-corrected chi connectivity index (χ2v) is 7.35. The Balaban J connectivity index is 2.65. The molecule has 0 amide bonds. The summed E-state index contributed by atoms with van der Waals surface area (Å²) in [5, 5.41) is 3.06. The largest absolute Gasteiger partial charge is 0.465 e. The number of carbonyl (C=O) groups excluding carboxylic acids is 1. The van der Waals surface area contributed by atoms with Crippen molar-refractivity contribution in [2.24, 2.45) is 5.92 Å². The third-order valence-electron chi connectivity index (χ3n) is 2.65. The van der Waals surface area contributed by atoms with Crippen LogP contribution in [0.15, 0.2) is 5.38 Å². The molecule has 0 spiro atoms. The predicted octanol–water partition coefficient (Wildman–Crippen LogP) is 3.87. The van der Waals surface area contributed by atoms with Crippen LogP contribution in [0.3, 0.4) is 0 Å². The molecule has 1 aromatic heterocycles. The molecular weight excluding hydrogens is 278 g/mol. The van der Waals surface area contributed by atoms with Crippen LogP contribution in [-0.2, 0) is 20.7 Å². The number of hydrogen-bond donors (Lipinski definition) is 0. The van der Waals surface area contributed by atoms with E-state index >= 15 is 0 Å². The molecule has 1 rings (SSSR count). The van der Waals surface area contributed by atoms with Crippen molar-refractivity contribution in [2.75, 3.05) is 12.4 Å². The van der Waals surface area contributed by atoms with Gasteiger partial charge in [0.2, 0.25) is 0 Å². The molecule has 0 radical (unpaired) electrons. The summed E-state index contributed by atoms with van der Waals surface area (Å²) in [6, 6.07) is 0. The average Bonchev–Trinajstić information content (AvgIpc) is 2.78. The molecule has 0 aliphatic carbocycles. The van der Waals surface area contributed by atoms with Crippen molar-refractivity contribution in [3.05, 3.63) is 16.1 Å². The van der Waals surface area contributed by atoms with E-state index in [2.05, 4.69) is 18.8 Å². The Labute approximate surface area is 124 Å². The van der Waals surface area contributed by atoms with Crippen LogP contribution in [-0.4, -0.2) is 23.3 Å². The smallest absolute Gasteiger partial charge is 0.317 e. The summed E-state index contributed by atoms with van der Waals surface area (Å²) in [5.74, 6) is 2.54. The number of carbonyl (C=O) groups is 1. The van der Waals surface area contributed by atoms with E-state index in [4.69, 9.17) is 4.74 Å². The minimum Gasteiger partial charge on any atom is -0.465 e. The molecule has 0 aromatic carbocycles. The first-order chi connectivity index (χ1) is 8.87. The van der Waals surface area contributed by atoms with E-state index in [1.165, 1.54) is 0 Å². The lowest BCUT2D eigenvalue weighted by atomic mass is 9.90. The maximum absolute atomic E-state index is 11.9. The number of ether oxygens (including phenoxy) is 1. The van der Waals surface area contributed by atoms with Crippen LogP contribution in [0.4, 0.5) is 0 Å². The molecule has 0 saturated carbocycles. The van der Waals surface area contributed by atoms with Gasteiger partial charge in [0.05, 0.1) is 12.3 Å². The minimum atomic E-state index is -0.659. The van der Waals surface area contributed by atoms with Crippen molar-refractivity contribution < 1.29 is 9.53 Å². The zero-order valence-electron chi connectivity index (χ0n) is 12.4. The highest BCUT2D eigenvalue weighted by molar-refractivity contribution is 7.98. The van der Waals surface area contributed by atoms with Gasteiger partial charge in [-0.15, -0.1) is 11.3 Å². The molecule has 3 nitrogen and oxygen atoms in total. The Morgan fingerprint density at radius 3 is 2.79 bits per heavy atom. The molecule has 0 fully saturated rings. The third-order valence-corrected chi connectivity index (χ3v) is 5.07. The van der Waals surface area contributed by atoms with Gasteiger partial charge >= 0.3 is 5.97 Å². The molecule has 19 heavy (non-hydrogen) atoms. The summed E-state index contributed by atoms with van der Waals surface area (Å²) in [6.07, 6.45) is 0. The highest BCUT2D eigenvalue weighted by atomic mass is 32.2. The van der Waals surface area contributed by atoms with Crippen LogP contribution in [0.25, 0.3) is 0 Å². The lowest BCUT2D eigenvalue weighted by molar-refractivity contribution is -0.148. The van der Waals surface area contributed by atoms with E-state index in [0.717, 1.165) is 22.2 Å². The second-order valence-electron chi connectivity index (χ2n) is 5.38. The molecule has 1 heterocycles. The van der Waals surface area contributed by atoms with Crippen LogP contribution in [0.2, 0.25) is 0 Å². The van der Waals surface area contributed by atoms with Gasteiger partial charge < -0.3 is 4.74 Å². The fourth-order valence-electron chi connectivity index (χ4n) is 1.46. The van der Waals surface area contributed by atoms with Crippen molar-refractivity contribution in [3.63, 3.8) is 0 Å². The van der Waals surface area contributed by atoms with E-state index in [9.17, 15) is 4.79 Å². The van der Waals surface area contributed by atoms with E-state index < -0.39 is 5.41 Å². The molecular formula is C14H23NO2S2. The molecule has 0 aliphatic rings. The molecule has 0 atom stereocenters. The van der Waals surface area contributed by atoms with Crippen molar-refractivity contribution >= 4 is 29.1 Å². The molecule has 0 unspecified atom stereocenters. The Morgan fingerprint density at radius 2 is 2.21 bits per heavy atom. The topological polar surface area (TPSA) is 39.2 Å². The SMILES string of the molecule is CCOC(=O)C(C)(C)c1csc(CSCC(C)C)n1. The van der Waals surface area contributed by atoms with Gasteiger partial charge in [-0.25, -0.2) is 4.98 Å². The molecule has 1 aromatic rings. The lowest BCUT2D eigenvalue weighted by Gasteiger charge is -2.19. The van der Waals surface area contributed by atoms with Crippen LogP contribution in [0.1, 0.15) is 45.3 Å². The number of thiazole rings is 1. The first kappa shape index (κ1) is 16.5. The van der Waals surface area contributed by atoms with Crippen LogP contribution >= 0.6 is 23.1 Å². The van der Waals surface area contributed by atoms with Crippen LogP contribution in [0, 0.1) is 5.92 Å². The second kappa shape index (κ2) is 7.29. The number of aromatic nitrogens is 1. The number of thioether (sulfide) groups is 1. The van der Waals surface area contributed by atoms with E-state index in [0.29, 0.717) is 12.5 Å². The van der Waals surface area contributed by atoms with Gasteiger partial charge in [-0.2, -0.15) is 11.8 Å². The van der Waals surface area contributed by atoms with Gasteiger partial charge in [-0.05, 0) is 32.4 Å². The first-order valence-corrected chi connectivity index (χ1v) is 8.61. The number of hydrogen-bond acceptors (Lipinski definition) is 5. The summed E-state index contributed by atoms with van der Waals surface area (Å²) < 4.78 is 5.10. The summed E-state index contributed by atoms with van der Waals surface area (Å²) in [6.45, 7) is 10.4. The quantitative estimate of drug-likeness (QED) is 0.717. The first-order valence-electron chi connectivity index (χ1n) is 6.57. The molecule has 108 valence electrons. The van der Waals surface area contributed by atoms with Crippen molar-refractivity contribution in [1.82, 2.24) is 4.98 Å². The van der Waals surface area contributed by atoms with E-state index in [1.807, 2.05) is 37.9 Å². The molecule has 5 heteroatoms. The molecule has 0 saturated heterocycles. The fraction of sp³-hybridized carbons (Fsp3) is 0.714. The number of rotatable bonds is 7. The summed E-state index contributed by atoms with van der Waals surface area (Å²) >= 11 is 3.51. The van der Waals surface area contributed by atoms with Gasteiger partial charge in [0, 0.05) is 11.1 Å². The standard InChI is InChI=1S/C14H23NO2S2/c1-6-17-13(16)14(4,5)11-8-19-12(15-11)9-18-7-10(2)3/h8,10H,6-7,9H2,1-5H3. The summed E-state index contributed by atoms with van der Waals surface area (Å²) in [5.41, 5.74) is 0.157. The van der Waals surface area contributed by atoms with Crippen molar-refractivity contribution in [1.29, 1.82) is 0 Å². The Morgan fingerprint density at radius 1 is 1.53 bits per heavy atom. The highest BCUT2D eigenvalue weighted by Crippen LogP contribution is 2.28. The summed E-state index contributed by atoms with van der Waals surface area (Å²) in [7, 11) is 0. The van der Waals surface area contributed by atoms with Gasteiger partial charge in [0.25, 0.3) is 0 Å². The third kappa shape index (κ3) is 4.80. The van der Waals surface area contributed by atoms with Crippen LogP contribution < -0.4 is 0 Å². The van der Waals surface area contributed by atoms with E-state index in [1.54, 1.807) is 11.3 Å². The predicted molar refractivity (Wildman–Crippen MR) is 82.8 cm³/mol. The normalized spacial score (nSPS) is 11.9. The Bertz CT molecular complexity index is 413. The van der Waals surface area contributed by atoms with Crippen molar-refractivity contribution in [3.8, 4) is 0 Å². The number of esters is 1. The molecule has 0 bridgehead atoms. The Kier molecular flexibility index (Phi) is 6.33. The molecule has 0 N–H and O–H groups in total. The fourth-order valence-corrected chi connectivity index (χ4v) is 3.56. The van der Waals surface area contributed by atoms with Crippen LogP contribution in [0.5, 0.6) is 0 Å². The minimum absolute atomic E-state index is 0.207. The zero-order valence-corrected chi connectivity index (χ0v) is 14.0. The van der Waals surface area contributed by atoms with Gasteiger partial charge in [-0.3, -0.25) is 4.79 Å². The van der Waals surface area contributed by atoms with Gasteiger partial charge in [-0.1, -0.05) is 13.8 Å². The highest BCUT2D eigenvalue weighted by Gasteiger charge is 2.33. The van der Waals surface area contributed by atoms with Crippen molar-refractivity contribution in [2.45, 2.75) is 45.8 Å². The van der Waals surface area contributed by atoms with E-state index in [-0.39, 0.29) is 5.97 Å². The van der Waals surface area contributed by atoms with Gasteiger partial charge in [0.1, 0.15) is 10.4 Å². The zero-order chi connectivity index (χ0) is 14.5. The lowest BCUT2D eigenvalue weighted by Crippen LogP contribution is -2.31. The number of nitrogens with zero attached hydrogens (tertiary/aromatic N) is 1. The summed E-state index contributed by atoms with van der Waals surface area (Å²) in [4.78, 5) is 16.5. The average molecular weight is 301 g/mol. The molecule has 0 aliphatic heterocycles. The Hall–Kier alpha value is -0.550. The maximum Gasteiger partial charge on any atom is 0.317 e.